The van der Waals surface area contributed by atoms with Gasteiger partial charge in [-0.3, -0.25) is 4.79 Å². The maximum absolute atomic E-state index is 12.2. The number of nitrogen functional groups attached to an aromatic ring is 1. The molecule has 1 amide bonds. The molecule has 3 N–H and O–H groups in total. The number of aromatic nitrogens is 3. The summed E-state index contributed by atoms with van der Waals surface area (Å²) in [4.78, 5) is 23.6. The summed E-state index contributed by atoms with van der Waals surface area (Å²) in [6, 6.07) is 13.9. The number of hydrogen-bond donors (Lipinski definition) is 2. The molecule has 0 atom stereocenters. The van der Waals surface area contributed by atoms with Crippen molar-refractivity contribution in [2.24, 2.45) is 7.05 Å². The van der Waals surface area contributed by atoms with Crippen LogP contribution >= 0.6 is 11.8 Å². The lowest BCUT2D eigenvalue weighted by Gasteiger charge is -2.07. The van der Waals surface area contributed by atoms with Crippen molar-refractivity contribution < 1.29 is 14.3 Å². The van der Waals surface area contributed by atoms with Crippen molar-refractivity contribution in [1.29, 1.82) is 0 Å². The molecule has 0 saturated heterocycles. The fraction of sp³-hybridized carbons (Fsp3) is 0.158. The Kier molecular flexibility index (Phi) is 5.95. The van der Waals surface area contributed by atoms with Crippen LogP contribution in [0.2, 0.25) is 0 Å². The number of carbonyl (C=O) groups excluding carboxylic acids is 2. The molecular formula is C19H19N5O3S. The summed E-state index contributed by atoms with van der Waals surface area (Å²) >= 11 is 1.28. The van der Waals surface area contributed by atoms with Crippen molar-refractivity contribution in [3.8, 4) is 11.4 Å². The minimum Gasteiger partial charge on any atom is -0.465 e. The number of esters is 1. The zero-order chi connectivity index (χ0) is 20.1. The number of nitrogens with two attached hydrogens (primary N) is 1. The number of anilines is 2. The second-order valence-electron chi connectivity index (χ2n) is 5.90. The Morgan fingerprint density at radius 1 is 1.18 bits per heavy atom. The lowest BCUT2D eigenvalue weighted by Crippen LogP contribution is -2.14. The highest BCUT2D eigenvalue weighted by molar-refractivity contribution is 7.99. The number of nitrogens with one attached hydrogen (secondary N) is 1. The summed E-state index contributed by atoms with van der Waals surface area (Å²) in [6.45, 7) is 0. The number of ether oxygens (including phenoxy) is 1. The van der Waals surface area contributed by atoms with Crippen molar-refractivity contribution >= 4 is 35.0 Å². The summed E-state index contributed by atoms with van der Waals surface area (Å²) in [5, 5.41) is 11.7. The molecule has 0 fully saturated rings. The highest BCUT2D eigenvalue weighted by Gasteiger charge is 2.13. The molecule has 0 aliphatic rings. The van der Waals surface area contributed by atoms with Crippen molar-refractivity contribution in [2.75, 3.05) is 23.9 Å². The number of methoxy groups -OCH3 is 1. The second-order valence-corrected chi connectivity index (χ2v) is 6.84. The molecule has 0 radical (unpaired) electrons. The molecule has 0 bridgehead atoms. The third-order valence-corrected chi connectivity index (χ3v) is 4.92. The first-order valence-corrected chi connectivity index (χ1v) is 9.33. The number of nitrogens with zero attached hydrogens (tertiary/aromatic N) is 3. The summed E-state index contributed by atoms with van der Waals surface area (Å²) in [5.74, 6) is 0.228. The van der Waals surface area contributed by atoms with Gasteiger partial charge in [0.15, 0.2) is 11.0 Å². The van der Waals surface area contributed by atoms with Crippen LogP contribution in [0.15, 0.2) is 53.7 Å². The van der Waals surface area contributed by atoms with E-state index in [2.05, 4.69) is 20.3 Å². The molecule has 28 heavy (non-hydrogen) atoms. The van der Waals surface area contributed by atoms with Crippen LogP contribution in [0.5, 0.6) is 0 Å². The van der Waals surface area contributed by atoms with Gasteiger partial charge in [-0.05, 0) is 36.4 Å². The molecule has 1 aromatic heterocycles. The molecule has 2 aromatic carbocycles. The molecule has 9 heteroatoms. The Hall–Kier alpha value is -3.33. The van der Waals surface area contributed by atoms with Crippen LogP contribution in [0.25, 0.3) is 11.4 Å². The predicted molar refractivity (Wildman–Crippen MR) is 108 cm³/mol. The average molecular weight is 397 g/mol. The number of thioether (sulfide) groups is 1. The third-order valence-electron chi connectivity index (χ3n) is 3.90. The highest BCUT2D eigenvalue weighted by atomic mass is 32.2. The molecule has 3 rings (SSSR count). The maximum Gasteiger partial charge on any atom is 0.337 e. The van der Waals surface area contributed by atoms with Crippen LogP contribution < -0.4 is 11.1 Å². The molecule has 0 spiro atoms. The highest BCUT2D eigenvalue weighted by Crippen LogP contribution is 2.24. The van der Waals surface area contributed by atoms with Gasteiger partial charge in [0.25, 0.3) is 0 Å². The minimum absolute atomic E-state index is 0.168. The maximum atomic E-state index is 12.2. The predicted octanol–water partition coefficient (Wildman–Crippen LogP) is 2.58. The van der Waals surface area contributed by atoms with Crippen LogP contribution in [-0.2, 0) is 16.6 Å². The molecular weight excluding hydrogens is 378 g/mol. The van der Waals surface area contributed by atoms with E-state index in [9.17, 15) is 9.59 Å². The van der Waals surface area contributed by atoms with Crippen LogP contribution in [0.3, 0.4) is 0 Å². The van der Waals surface area contributed by atoms with Crippen molar-refractivity contribution in [3.05, 3.63) is 54.1 Å². The monoisotopic (exact) mass is 397 g/mol. The van der Waals surface area contributed by atoms with E-state index >= 15 is 0 Å². The fourth-order valence-electron chi connectivity index (χ4n) is 2.50. The zero-order valence-electron chi connectivity index (χ0n) is 15.4. The van der Waals surface area contributed by atoms with Gasteiger partial charge in [0, 0.05) is 24.0 Å². The van der Waals surface area contributed by atoms with Gasteiger partial charge in [0.1, 0.15) is 0 Å². The van der Waals surface area contributed by atoms with Gasteiger partial charge < -0.3 is 20.4 Å². The van der Waals surface area contributed by atoms with Crippen LogP contribution in [0.4, 0.5) is 11.4 Å². The Labute approximate surface area is 166 Å². The Balaban J connectivity index is 1.60. The van der Waals surface area contributed by atoms with E-state index in [0.29, 0.717) is 27.9 Å². The van der Waals surface area contributed by atoms with Gasteiger partial charge in [0.05, 0.1) is 18.4 Å². The van der Waals surface area contributed by atoms with E-state index in [-0.39, 0.29) is 11.7 Å². The lowest BCUT2D eigenvalue weighted by atomic mass is 10.2. The van der Waals surface area contributed by atoms with Gasteiger partial charge in [-0.2, -0.15) is 0 Å². The largest absolute Gasteiger partial charge is 0.465 e. The van der Waals surface area contributed by atoms with Crippen molar-refractivity contribution in [2.45, 2.75) is 5.16 Å². The van der Waals surface area contributed by atoms with Crippen molar-refractivity contribution in [3.63, 3.8) is 0 Å². The van der Waals surface area contributed by atoms with E-state index in [1.165, 1.54) is 18.9 Å². The standard InChI is InChI=1S/C19H19N5O3S/c1-24-17(13-4-3-5-14(20)10-13)22-23-19(24)28-11-16(25)21-15-8-6-12(7-9-15)18(26)27-2/h3-10H,11,20H2,1-2H3,(H,21,25). The zero-order valence-corrected chi connectivity index (χ0v) is 16.2. The van der Waals surface area contributed by atoms with Gasteiger partial charge in [-0.25, -0.2) is 4.79 Å². The molecule has 3 aromatic rings. The average Bonchev–Trinajstić information content (AvgIpc) is 3.07. The number of amides is 1. The first-order chi connectivity index (χ1) is 13.5. The molecule has 1 heterocycles. The quantitative estimate of drug-likeness (QED) is 0.373. The number of carbonyl (C=O) groups is 2. The van der Waals surface area contributed by atoms with Crippen LogP contribution in [-0.4, -0.2) is 39.5 Å². The summed E-state index contributed by atoms with van der Waals surface area (Å²) < 4.78 is 6.46. The lowest BCUT2D eigenvalue weighted by molar-refractivity contribution is -0.113. The van der Waals surface area contributed by atoms with E-state index in [0.717, 1.165) is 5.56 Å². The molecule has 144 valence electrons. The van der Waals surface area contributed by atoms with Gasteiger partial charge in [0.2, 0.25) is 5.91 Å². The van der Waals surface area contributed by atoms with Crippen molar-refractivity contribution in [1.82, 2.24) is 14.8 Å². The first-order valence-electron chi connectivity index (χ1n) is 8.34. The third kappa shape index (κ3) is 4.49. The molecule has 0 saturated carbocycles. The first kappa shape index (κ1) is 19.4. The van der Waals surface area contributed by atoms with Crippen LogP contribution in [0, 0.1) is 0 Å². The fourth-order valence-corrected chi connectivity index (χ4v) is 3.22. The molecule has 0 aliphatic carbocycles. The van der Waals surface area contributed by atoms with Gasteiger partial charge in [-0.1, -0.05) is 23.9 Å². The van der Waals surface area contributed by atoms with E-state index < -0.39 is 5.97 Å². The van der Waals surface area contributed by atoms with E-state index in [4.69, 9.17) is 5.73 Å². The summed E-state index contributed by atoms with van der Waals surface area (Å²) in [5.41, 5.74) is 8.33. The molecule has 8 nitrogen and oxygen atoms in total. The molecule has 0 aliphatic heterocycles. The minimum atomic E-state index is -0.424. The van der Waals surface area contributed by atoms with Gasteiger partial charge >= 0.3 is 5.97 Å². The number of hydrogen-bond acceptors (Lipinski definition) is 7. The van der Waals surface area contributed by atoms with Gasteiger partial charge in [-0.15, -0.1) is 10.2 Å². The van der Waals surface area contributed by atoms with Crippen LogP contribution in [0.1, 0.15) is 10.4 Å². The second kappa shape index (κ2) is 8.57. The number of benzene rings is 2. The smallest absolute Gasteiger partial charge is 0.337 e. The number of rotatable bonds is 6. The molecule has 0 unspecified atom stereocenters. The Morgan fingerprint density at radius 3 is 2.61 bits per heavy atom. The Morgan fingerprint density at radius 2 is 1.93 bits per heavy atom. The summed E-state index contributed by atoms with van der Waals surface area (Å²) in [6.07, 6.45) is 0. The topological polar surface area (TPSA) is 112 Å². The van der Waals surface area contributed by atoms with E-state index in [1.807, 2.05) is 29.8 Å². The van der Waals surface area contributed by atoms with E-state index in [1.54, 1.807) is 30.3 Å². The Bertz CT molecular complexity index is 1000. The normalized spacial score (nSPS) is 10.5. The summed E-state index contributed by atoms with van der Waals surface area (Å²) in [7, 11) is 3.16. The SMILES string of the molecule is COC(=O)c1ccc(NC(=O)CSc2nnc(-c3cccc(N)c3)n2C)cc1.